The molecule has 2 aliphatic heterocycles. The quantitative estimate of drug-likeness (QED) is 0.231. The summed E-state index contributed by atoms with van der Waals surface area (Å²) in [4.78, 5) is 29.8. The van der Waals surface area contributed by atoms with E-state index in [1.807, 2.05) is 5.32 Å². The molecule has 0 radical (unpaired) electrons. The summed E-state index contributed by atoms with van der Waals surface area (Å²) >= 11 is 0. The van der Waals surface area contributed by atoms with Gasteiger partial charge in [-0.05, 0) is 24.5 Å². The van der Waals surface area contributed by atoms with Crippen molar-refractivity contribution in [2.24, 2.45) is 17.6 Å². The standard InChI is InChI=1S/C26H25F6N5O4/c27-25(28,29)16-11-35-17(10-15(16)24(40)41-12-13-4-2-1-3-5-13)37-8-6-14(7-9-37)20(33)18-19(26(30,31)32)21(38)23(39)36-22(18)34/h1-5,10-11,14,19,21,33,38H,6-9,12,34H2,(H,36,39)/t19-,21-/m1/s1. The van der Waals surface area contributed by atoms with Crippen LogP contribution in [0.1, 0.15) is 34.3 Å². The van der Waals surface area contributed by atoms with Crippen molar-refractivity contribution in [2.45, 2.75) is 37.9 Å². The summed E-state index contributed by atoms with van der Waals surface area (Å²) < 4.78 is 87.1. The van der Waals surface area contributed by atoms with Crippen LogP contribution in [0.4, 0.5) is 32.2 Å². The molecule has 1 aromatic carbocycles. The van der Waals surface area contributed by atoms with E-state index in [1.165, 1.54) is 4.90 Å². The van der Waals surface area contributed by atoms with Gasteiger partial charge in [-0.15, -0.1) is 0 Å². The predicted molar refractivity (Wildman–Crippen MR) is 132 cm³/mol. The van der Waals surface area contributed by atoms with Crippen molar-refractivity contribution >= 4 is 23.4 Å². The molecule has 1 amide bonds. The van der Waals surface area contributed by atoms with E-state index >= 15 is 0 Å². The highest BCUT2D eigenvalue weighted by Crippen LogP contribution is 2.40. The average Bonchev–Trinajstić information content (AvgIpc) is 2.92. The van der Waals surface area contributed by atoms with Gasteiger partial charge in [-0.2, -0.15) is 26.3 Å². The first-order chi connectivity index (χ1) is 19.2. The molecule has 9 nitrogen and oxygen atoms in total. The first kappa shape index (κ1) is 29.8. The minimum absolute atomic E-state index is 0.0156. The molecule has 220 valence electrons. The zero-order valence-corrected chi connectivity index (χ0v) is 21.2. The molecule has 2 aliphatic rings. The maximum atomic E-state index is 13.7. The Balaban J connectivity index is 1.51. The Morgan fingerprint density at radius 2 is 1.78 bits per heavy atom. The molecule has 2 aromatic rings. The number of pyridine rings is 1. The molecule has 0 saturated carbocycles. The van der Waals surface area contributed by atoms with Crippen LogP contribution in [0, 0.1) is 17.2 Å². The molecule has 0 aliphatic carbocycles. The van der Waals surface area contributed by atoms with E-state index in [2.05, 4.69) is 4.98 Å². The van der Waals surface area contributed by atoms with Crippen LogP contribution in [0.2, 0.25) is 0 Å². The molecule has 1 saturated heterocycles. The number of nitrogens with two attached hydrogens (primary N) is 1. The number of alkyl halides is 6. The van der Waals surface area contributed by atoms with Gasteiger partial charge in [-0.1, -0.05) is 30.3 Å². The minimum Gasteiger partial charge on any atom is -0.457 e. The number of aliphatic hydroxyl groups is 1. The van der Waals surface area contributed by atoms with Gasteiger partial charge in [-0.25, -0.2) is 9.78 Å². The lowest BCUT2D eigenvalue weighted by molar-refractivity contribution is -0.192. The average molecular weight is 586 g/mol. The maximum Gasteiger partial charge on any atom is 0.418 e. The highest BCUT2D eigenvalue weighted by Gasteiger charge is 2.54. The van der Waals surface area contributed by atoms with Gasteiger partial charge in [0.15, 0.2) is 0 Å². The second-order valence-corrected chi connectivity index (χ2v) is 9.60. The number of hydrogen-bond acceptors (Lipinski definition) is 8. The smallest absolute Gasteiger partial charge is 0.418 e. The number of anilines is 1. The number of carbonyl (C=O) groups excluding carboxylic acids is 2. The summed E-state index contributed by atoms with van der Waals surface area (Å²) in [6.07, 6.45) is -11.7. The van der Waals surface area contributed by atoms with Crippen molar-refractivity contribution in [3.8, 4) is 0 Å². The number of piperidine rings is 1. The van der Waals surface area contributed by atoms with Gasteiger partial charge in [-0.3, -0.25) is 4.79 Å². The van der Waals surface area contributed by atoms with Gasteiger partial charge in [0.25, 0.3) is 5.91 Å². The number of nitrogens with one attached hydrogen (secondary N) is 2. The number of hydrogen-bond donors (Lipinski definition) is 4. The number of halogens is 6. The van der Waals surface area contributed by atoms with Crippen LogP contribution in [0.5, 0.6) is 0 Å². The number of nitrogens with zero attached hydrogens (tertiary/aromatic N) is 2. The van der Waals surface area contributed by atoms with Crippen molar-refractivity contribution in [3.05, 3.63) is 70.7 Å². The molecule has 41 heavy (non-hydrogen) atoms. The fourth-order valence-corrected chi connectivity index (χ4v) is 4.84. The highest BCUT2D eigenvalue weighted by atomic mass is 19.4. The molecule has 0 spiro atoms. The summed E-state index contributed by atoms with van der Waals surface area (Å²) in [7, 11) is 0. The molecular weight excluding hydrogens is 560 g/mol. The fourth-order valence-electron chi connectivity index (χ4n) is 4.84. The zero-order chi connectivity index (χ0) is 30.1. The fraction of sp³-hybridized carbons (Fsp3) is 0.385. The molecule has 2 atom stereocenters. The molecule has 1 aromatic heterocycles. The third-order valence-corrected chi connectivity index (χ3v) is 6.94. The Bertz CT molecular complexity index is 1350. The summed E-state index contributed by atoms with van der Waals surface area (Å²) in [5.74, 6) is -6.64. The predicted octanol–water partition coefficient (Wildman–Crippen LogP) is 3.53. The lowest BCUT2D eigenvalue weighted by Crippen LogP contribution is -2.54. The van der Waals surface area contributed by atoms with Crippen molar-refractivity contribution in [3.63, 3.8) is 0 Å². The molecule has 5 N–H and O–H groups in total. The number of rotatable bonds is 6. The van der Waals surface area contributed by atoms with Crippen molar-refractivity contribution in [1.82, 2.24) is 10.3 Å². The monoisotopic (exact) mass is 585 g/mol. The van der Waals surface area contributed by atoms with Crippen molar-refractivity contribution < 1.29 is 45.8 Å². The second kappa shape index (κ2) is 11.4. The van der Waals surface area contributed by atoms with E-state index in [0.717, 1.165) is 6.07 Å². The van der Waals surface area contributed by atoms with Crippen LogP contribution in [-0.2, 0) is 22.3 Å². The molecule has 0 unspecified atom stereocenters. The summed E-state index contributed by atoms with van der Waals surface area (Å²) in [5.41, 5.74) is 2.96. The third kappa shape index (κ3) is 6.45. The summed E-state index contributed by atoms with van der Waals surface area (Å²) in [5, 5.41) is 20.3. The SMILES string of the molecule is N=C(C1=C(N)NC(=O)[C@H](O)[C@@H]1C(F)(F)F)C1CCN(c2cc(C(=O)OCc3ccccc3)c(C(F)(F)F)cn2)CC1. The second-order valence-electron chi connectivity index (χ2n) is 9.60. The van der Waals surface area contributed by atoms with Crippen LogP contribution < -0.4 is 16.0 Å². The molecule has 4 rings (SSSR count). The number of esters is 1. The number of aliphatic hydroxyl groups excluding tert-OH is 1. The van der Waals surface area contributed by atoms with E-state index < -0.39 is 70.4 Å². The molecule has 1 fully saturated rings. The van der Waals surface area contributed by atoms with Crippen molar-refractivity contribution in [1.29, 1.82) is 5.41 Å². The van der Waals surface area contributed by atoms with Gasteiger partial charge in [0, 0.05) is 36.5 Å². The number of carbonyl (C=O) groups is 2. The normalized spacial score (nSPS) is 20.6. The van der Waals surface area contributed by atoms with Gasteiger partial charge in [0.05, 0.1) is 11.1 Å². The first-order valence-electron chi connectivity index (χ1n) is 12.4. The number of ether oxygens (including phenoxy) is 1. The molecule has 0 bridgehead atoms. The van der Waals surface area contributed by atoms with Gasteiger partial charge in [0.2, 0.25) is 0 Å². The van der Waals surface area contributed by atoms with Gasteiger partial charge in [0.1, 0.15) is 30.3 Å². The number of benzene rings is 1. The van der Waals surface area contributed by atoms with Crippen molar-refractivity contribution in [2.75, 3.05) is 18.0 Å². The van der Waals surface area contributed by atoms with Crippen LogP contribution >= 0.6 is 0 Å². The molecule has 3 heterocycles. The molecular formula is C26H25F6N5O4. The first-order valence-corrected chi connectivity index (χ1v) is 12.4. The van der Waals surface area contributed by atoms with E-state index in [1.54, 1.807) is 30.3 Å². The van der Waals surface area contributed by atoms with Crippen LogP contribution in [0.3, 0.4) is 0 Å². The zero-order valence-electron chi connectivity index (χ0n) is 21.2. The van der Waals surface area contributed by atoms with Gasteiger partial charge >= 0.3 is 18.3 Å². The van der Waals surface area contributed by atoms with Crippen LogP contribution in [-0.4, -0.2) is 53.0 Å². The Kier molecular flexibility index (Phi) is 8.29. The maximum absolute atomic E-state index is 13.7. The summed E-state index contributed by atoms with van der Waals surface area (Å²) in [6.45, 7) is -0.111. The van der Waals surface area contributed by atoms with Crippen LogP contribution in [0.25, 0.3) is 0 Å². The van der Waals surface area contributed by atoms with Crippen LogP contribution in [0.15, 0.2) is 54.0 Å². The molecule has 15 heteroatoms. The van der Waals surface area contributed by atoms with E-state index in [9.17, 15) is 41.0 Å². The van der Waals surface area contributed by atoms with E-state index in [0.29, 0.717) is 11.8 Å². The third-order valence-electron chi connectivity index (χ3n) is 6.94. The number of aromatic nitrogens is 1. The Morgan fingerprint density at radius 1 is 1.15 bits per heavy atom. The van der Waals surface area contributed by atoms with Gasteiger partial charge < -0.3 is 31.2 Å². The highest BCUT2D eigenvalue weighted by molar-refractivity contribution is 6.03. The lowest BCUT2D eigenvalue weighted by Gasteiger charge is -2.37. The Hall–Kier alpha value is -4.14. The minimum atomic E-state index is -5.06. The summed E-state index contributed by atoms with van der Waals surface area (Å²) in [6, 6.07) is 9.32. The Morgan fingerprint density at radius 3 is 2.37 bits per heavy atom. The van der Waals surface area contributed by atoms with E-state index in [-0.39, 0.29) is 38.4 Å². The lowest BCUT2D eigenvalue weighted by atomic mass is 9.79. The largest absolute Gasteiger partial charge is 0.457 e. The number of amides is 1. The Labute approximate surface area is 229 Å². The van der Waals surface area contributed by atoms with E-state index in [4.69, 9.17) is 15.9 Å². The topological polar surface area (TPSA) is 142 Å².